The number of halogens is 3. The fourth-order valence-corrected chi connectivity index (χ4v) is 1.75. The maximum absolute atomic E-state index is 12.6. The lowest BCUT2D eigenvalue weighted by atomic mass is 10.1. The van der Waals surface area contributed by atoms with E-state index in [9.17, 15) is 13.6 Å². The van der Waals surface area contributed by atoms with Crippen LogP contribution in [0.5, 0.6) is 0 Å². The van der Waals surface area contributed by atoms with Gasteiger partial charge < -0.3 is 4.98 Å². The van der Waals surface area contributed by atoms with Crippen LogP contribution in [0.15, 0.2) is 10.9 Å². The molecular formula is C9H7BrF2N2O. The smallest absolute Gasteiger partial charge is 0.264 e. The van der Waals surface area contributed by atoms with E-state index < -0.39 is 12.0 Å². The molecule has 6 heteroatoms. The summed E-state index contributed by atoms with van der Waals surface area (Å²) in [6.07, 6.45) is -2.80. The molecule has 1 heterocycles. The van der Waals surface area contributed by atoms with Crippen LogP contribution in [0.2, 0.25) is 0 Å². The second-order valence-corrected chi connectivity index (χ2v) is 3.39. The van der Waals surface area contributed by atoms with Gasteiger partial charge in [-0.2, -0.15) is 5.26 Å². The van der Waals surface area contributed by atoms with Crippen molar-refractivity contribution >= 4 is 15.9 Å². The minimum absolute atomic E-state index is 0.00619. The quantitative estimate of drug-likeness (QED) is 0.861. The minimum Gasteiger partial charge on any atom is -0.325 e. The van der Waals surface area contributed by atoms with Crippen LogP contribution in [0.25, 0.3) is 0 Å². The summed E-state index contributed by atoms with van der Waals surface area (Å²) in [7, 11) is 0. The normalized spacial score (nSPS) is 10.3. The Morgan fingerprint density at radius 3 is 2.73 bits per heavy atom. The largest absolute Gasteiger partial charge is 0.325 e. The first-order valence-corrected chi connectivity index (χ1v) is 5.18. The zero-order valence-corrected chi connectivity index (χ0v) is 9.14. The lowest BCUT2D eigenvalue weighted by Gasteiger charge is -2.06. The number of nitrogens with one attached hydrogen (secondary N) is 1. The van der Waals surface area contributed by atoms with Gasteiger partial charge in [-0.3, -0.25) is 4.79 Å². The standard InChI is InChI=1S/C9H7BrF2N2O/c10-4-7-6(8(11)12)3-5(1-2-13)14-9(7)15/h3,8H,1,4H2,(H,14,15). The van der Waals surface area contributed by atoms with Gasteiger partial charge in [-0.1, -0.05) is 15.9 Å². The first kappa shape index (κ1) is 11.9. The fourth-order valence-electron chi connectivity index (χ4n) is 1.18. The summed E-state index contributed by atoms with van der Waals surface area (Å²) in [5.41, 5.74) is -0.676. The number of H-pyrrole nitrogens is 1. The first-order valence-electron chi connectivity index (χ1n) is 4.06. The van der Waals surface area contributed by atoms with Crippen molar-refractivity contribution in [1.29, 1.82) is 5.26 Å². The van der Waals surface area contributed by atoms with Crippen LogP contribution >= 0.6 is 15.9 Å². The van der Waals surface area contributed by atoms with Crippen LogP contribution in [-0.2, 0) is 11.8 Å². The number of nitriles is 1. The number of aromatic nitrogens is 1. The Kier molecular flexibility index (Phi) is 3.97. The third kappa shape index (κ3) is 2.63. The molecule has 0 aromatic carbocycles. The summed E-state index contributed by atoms with van der Waals surface area (Å²) in [6.45, 7) is 0. The number of nitrogens with zero attached hydrogens (tertiary/aromatic N) is 1. The summed E-state index contributed by atoms with van der Waals surface area (Å²) in [6, 6.07) is 2.95. The van der Waals surface area contributed by atoms with Gasteiger partial charge in [-0.05, 0) is 6.07 Å². The van der Waals surface area contributed by atoms with Crippen molar-refractivity contribution < 1.29 is 8.78 Å². The zero-order chi connectivity index (χ0) is 11.4. The summed E-state index contributed by atoms with van der Waals surface area (Å²) in [5, 5.41) is 8.46. The van der Waals surface area contributed by atoms with Crippen molar-refractivity contribution in [2.45, 2.75) is 18.2 Å². The lowest BCUT2D eigenvalue weighted by Crippen LogP contribution is -2.16. The van der Waals surface area contributed by atoms with Gasteiger partial charge in [-0.25, -0.2) is 8.78 Å². The molecule has 3 nitrogen and oxygen atoms in total. The molecule has 0 radical (unpaired) electrons. The molecule has 0 amide bonds. The summed E-state index contributed by atoms with van der Waals surface area (Å²) >= 11 is 2.97. The second kappa shape index (κ2) is 5.03. The highest BCUT2D eigenvalue weighted by Crippen LogP contribution is 2.22. The minimum atomic E-state index is -2.71. The molecule has 0 aliphatic heterocycles. The van der Waals surface area contributed by atoms with Gasteiger partial charge in [0.25, 0.3) is 12.0 Å². The summed E-state index contributed by atoms with van der Waals surface area (Å²) in [5.74, 6) is 0. The predicted octanol–water partition coefficient (Wildman–Crippen LogP) is 2.27. The van der Waals surface area contributed by atoms with Crippen LogP contribution in [0.1, 0.15) is 23.2 Å². The van der Waals surface area contributed by atoms with Gasteiger partial charge in [0.2, 0.25) is 0 Å². The molecule has 0 saturated heterocycles. The van der Waals surface area contributed by atoms with Gasteiger partial charge >= 0.3 is 0 Å². The molecule has 0 bridgehead atoms. The Bertz CT molecular complexity index is 450. The highest BCUT2D eigenvalue weighted by Gasteiger charge is 2.16. The van der Waals surface area contributed by atoms with Crippen molar-refractivity contribution in [3.05, 3.63) is 33.2 Å². The summed E-state index contributed by atoms with van der Waals surface area (Å²) in [4.78, 5) is 13.7. The number of pyridine rings is 1. The molecule has 0 spiro atoms. The second-order valence-electron chi connectivity index (χ2n) is 2.83. The number of alkyl halides is 3. The first-order chi connectivity index (χ1) is 7.10. The molecular weight excluding hydrogens is 270 g/mol. The van der Waals surface area contributed by atoms with E-state index in [-0.39, 0.29) is 28.6 Å². The van der Waals surface area contributed by atoms with E-state index >= 15 is 0 Å². The maximum atomic E-state index is 12.6. The molecule has 1 rings (SSSR count). The van der Waals surface area contributed by atoms with E-state index in [1.54, 1.807) is 6.07 Å². The van der Waals surface area contributed by atoms with Gasteiger partial charge in [0.1, 0.15) is 0 Å². The Morgan fingerprint density at radius 2 is 2.27 bits per heavy atom. The van der Waals surface area contributed by atoms with Crippen molar-refractivity contribution in [1.82, 2.24) is 4.98 Å². The SMILES string of the molecule is N#CCc1cc(C(F)F)c(CBr)c(=O)[nH]1. The molecule has 0 unspecified atom stereocenters. The highest BCUT2D eigenvalue weighted by molar-refractivity contribution is 9.08. The van der Waals surface area contributed by atoms with E-state index in [4.69, 9.17) is 5.26 Å². The number of hydrogen-bond donors (Lipinski definition) is 1. The van der Waals surface area contributed by atoms with E-state index in [2.05, 4.69) is 20.9 Å². The van der Waals surface area contributed by atoms with Crippen LogP contribution in [-0.4, -0.2) is 4.98 Å². The molecule has 1 N–H and O–H groups in total. The Labute approximate surface area is 92.9 Å². The van der Waals surface area contributed by atoms with Gasteiger partial charge in [0.05, 0.1) is 12.5 Å². The van der Waals surface area contributed by atoms with Gasteiger partial charge in [0, 0.05) is 22.2 Å². The average Bonchev–Trinajstić information content (AvgIpc) is 2.17. The molecule has 80 valence electrons. The third-order valence-corrected chi connectivity index (χ3v) is 2.43. The van der Waals surface area contributed by atoms with E-state index in [0.29, 0.717) is 0 Å². The average molecular weight is 277 g/mol. The maximum Gasteiger partial charge on any atom is 0.264 e. The Balaban J connectivity index is 3.33. The van der Waals surface area contributed by atoms with Crippen LogP contribution in [0.3, 0.4) is 0 Å². The molecule has 0 aliphatic carbocycles. The molecule has 1 aromatic rings. The van der Waals surface area contributed by atoms with Crippen LogP contribution < -0.4 is 5.56 Å². The molecule has 1 aromatic heterocycles. The van der Waals surface area contributed by atoms with Crippen molar-refractivity contribution in [3.8, 4) is 6.07 Å². The third-order valence-electron chi connectivity index (χ3n) is 1.86. The lowest BCUT2D eigenvalue weighted by molar-refractivity contribution is 0.150. The zero-order valence-electron chi connectivity index (χ0n) is 7.56. The summed E-state index contributed by atoms with van der Waals surface area (Å²) < 4.78 is 25.1. The van der Waals surface area contributed by atoms with Crippen molar-refractivity contribution in [2.24, 2.45) is 0 Å². The monoisotopic (exact) mass is 276 g/mol. The number of hydrogen-bond acceptors (Lipinski definition) is 2. The highest BCUT2D eigenvalue weighted by atomic mass is 79.9. The molecule has 0 atom stereocenters. The van der Waals surface area contributed by atoms with Crippen LogP contribution in [0.4, 0.5) is 8.78 Å². The van der Waals surface area contributed by atoms with E-state index in [1.165, 1.54) is 0 Å². The Morgan fingerprint density at radius 1 is 1.60 bits per heavy atom. The molecule has 0 saturated carbocycles. The molecule has 15 heavy (non-hydrogen) atoms. The van der Waals surface area contributed by atoms with Crippen molar-refractivity contribution in [2.75, 3.05) is 0 Å². The van der Waals surface area contributed by atoms with Gasteiger partial charge in [-0.15, -0.1) is 0 Å². The number of aromatic amines is 1. The van der Waals surface area contributed by atoms with Crippen molar-refractivity contribution in [3.63, 3.8) is 0 Å². The predicted molar refractivity (Wildman–Crippen MR) is 54.0 cm³/mol. The van der Waals surface area contributed by atoms with Gasteiger partial charge in [0.15, 0.2) is 0 Å². The fraction of sp³-hybridized carbons (Fsp3) is 0.333. The van der Waals surface area contributed by atoms with Crippen LogP contribution in [0, 0.1) is 11.3 Å². The molecule has 0 aliphatic rings. The number of rotatable bonds is 3. The van der Waals surface area contributed by atoms with E-state index in [0.717, 1.165) is 6.07 Å². The topological polar surface area (TPSA) is 56.6 Å². The Hall–Kier alpha value is -1.22. The van der Waals surface area contributed by atoms with E-state index in [1.807, 2.05) is 0 Å². The molecule has 0 fully saturated rings.